The highest BCUT2D eigenvalue weighted by Crippen LogP contribution is 2.32. The molecule has 0 aliphatic rings. The zero-order valence-corrected chi connectivity index (χ0v) is 20.2. The standard InChI is InChI=1S/C24H26N6O3S/c1-14-7-9-15(10-8-14)21(32)28-23-27-20-19(34-23)18(29-30(20)24(2,3)4)22(33)26-13-17(31)16-6-5-11-25-12-16/h5-12,17,31H,13H2,1-4H3,(H,26,33)(H,27,28,32). The lowest BCUT2D eigenvalue weighted by molar-refractivity contribution is 0.0911. The molecule has 3 aromatic heterocycles. The topological polar surface area (TPSA) is 122 Å². The molecule has 0 saturated heterocycles. The van der Waals surface area contributed by atoms with Crippen LogP contribution in [-0.4, -0.2) is 43.2 Å². The number of fused-ring (bicyclic) bond motifs is 1. The van der Waals surface area contributed by atoms with E-state index >= 15 is 0 Å². The predicted molar refractivity (Wildman–Crippen MR) is 131 cm³/mol. The average molecular weight is 479 g/mol. The Morgan fingerprint density at radius 3 is 2.53 bits per heavy atom. The summed E-state index contributed by atoms with van der Waals surface area (Å²) < 4.78 is 2.23. The highest BCUT2D eigenvalue weighted by atomic mass is 32.1. The van der Waals surface area contributed by atoms with Gasteiger partial charge in [-0.25, -0.2) is 4.68 Å². The number of pyridine rings is 1. The second kappa shape index (κ2) is 9.32. The van der Waals surface area contributed by atoms with E-state index in [1.807, 2.05) is 39.8 Å². The van der Waals surface area contributed by atoms with Gasteiger partial charge in [0.2, 0.25) is 0 Å². The van der Waals surface area contributed by atoms with Crippen LogP contribution in [0.4, 0.5) is 5.13 Å². The Morgan fingerprint density at radius 2 is 1.88 bits per heavy atom. The van der Waals surface area contributed by atoms with Crippen LogP contribution in [0.25, 0.3) is 10.3 Å². The molecule has 0 spiro atoms. The van der Waals surface area contributed by atoms with Crippen molar-refractivity contribution in [3.05, 3.63) is 71.2 Å². The maximum atomic E-state index is 13.0. The van der Waals surface area contributed by atoms with E-state index in [9.17, 15) is 14.7 Å². The number of aliphatic hydroxyl groups excluding tert-OH is 1. The largest absolute Gasteiger partial charge is 0.387 e. The molecular formula is C24H26N6O3S. The number of hydrogen-bond donors (Lipinski definition) is 3. The monoisotopic (exact) mass is 478 g/mol. The van der Waals surface area contributed by atoms with Crippen LogP contribution < -0.4 is 10.6 Å². The number of nitrogens with one attached hydrogen (secondary N) is 2. The van der Waals surface area contributed by atoms with E-state index in [4.69, 9.17) is 0 Å². The van der Waals surface area contributed by atoms with Gasteiger partial charge in [0.25, 0.3) is 11.8 Å². The van der Waals surface area contributed by atoms with E-state index in [1.165, 1.54) is 11.3 Å². The number of carbonyl (C=O) groups is 2. The molecule has 1 atom stereocenters. The summed E-state index contributed by atoms with van der Waals surface area (Å²) in [5.74, 6) is -0.715. The number of aliphatic hydroxyl groups is 1. The van der Waals surface area contributed by atoms with Crippen molar-refractivity contribution in [1.82, 2.24) is 25.1 Å². The van der Waals surface area contributed by atoms with Gasteiger partial charge < -0.3 is 10.4 Å². The van der Waals surface area contributed by atoms with E-state index in [0.717, 1.165) is 5.56 Å². The van der Waals surface area contributed by atoms with E-state index in [2.05, 4.69) is 25.7 Å². The van der Waals surface area contributed by atoms with Crippen LogP contribution in [0.3, 0.4) is 0 Å². The lowest BCUT2D eigenvalue weighted by atomic mass is 10.1. The van der Waals surface area contributed by atoms with Gasteiger partial charge in [-0.1, -0.05) is 35.1 Å². The van der Waals surface area contributed by atoms with E-state index in [0.29, 0.717) is 26.6 Å². The number of benzene rings is 1. The van der Waals surface area contributed by atoms with Gasteiger partial charge in [0, 0.05) is 30.1 Å². The Balaban J connectivity index is 1.59. The third kappa shape index (κ3) is 4.97. The quantitative estimate of drug-likeness (QED) is 0.389. The minimum absolute atomic E-state index is 0.00419. The first-order chi connectivity index (χ1) is 16.1. The van der Waals surface area contributed by atoms with Gasteiger partial charge in [-0.05, 0) is 45.9 Å². The van der Waals surface area contributed by atoms with E-state index in [1.54, 1.807) is 41.3 Å². The molecule has 2 amide bonds. The molecule has 3 N–H and O–H groups in total. The average Bonchev–Trinajstić information content (AvgIpc) is 3.36. The zero-order chi connectivity index (χ0) is 24.5. The molecule has 34 heavy (non-hydrogen) atoms. The van der Waals surface area contributed by atoms with Gasteiger partial charge in [0.05, 0.1) is 11.6 Å². The number of carbonyl (C=O) groups excluding carboxylic acids is 2. The van der Waals surface area contributed by atoms with Gasteiger partial charge in [-0.15, -0.1) is 0 Å². The Morgan fingerprint density at radius 1 is 1.15 bits per heavy atom. The molecule has 1 aromatic carbocycles. The minimum Gasteiger partial charge on any atom is -0.387 e. The Hall–Kier alpha value is -3.63. The Kier molecular flexibility index (Phi) is 6.45. The smallest absolute Gasteiger partial charge is 0.273 e. The zero-order valence-electron chi connectivity index (χ0n) is 19.4. The molecule has 0 aliphatic heterocycles. The number of rotatable bonds is 6. The first kappa shape index (κ1) is 23.5. The first-order valence-corrected chi connectivity index (χ1v) is 11.6. The van der Waals surface area contributed by atoms with Gasteiger partial charge in [-0.2, -0.15) is 10.1 Å². The Labute approximate surface area is 200 Å². The van der Waals surface area contributed by atoms with Crippen LogP contribution in [0, 0.1) is 6.92 Å². The summed E-state index contributed by atoms with van der Waals surface area (Å²) >= 11 is 1.19. The molecule has 176 valence electrons. The summed E-state index contributed by atoms with van der Waals surface area (Å²) in [4.78, 5) is 34.2. The third-order valence-electron chi connectivity index (χ3n) is 5.13. The number of aromatic nitrogens is 4. The van der Waals surface area contributed by atoms with E-state index in [-0.39, 0.29) is 18.1 Å². The molecule has 3 heterocycles. The number of anilines is 1. The number of hydrogen-bond acceptors (Lipinski definition) is 7. The first-order valence-electron chi connectivity index (χ1n) is 10.8. The van der Waals surface area contributed by atoms with Crippen molar-refractivity contribution in [2.24, 2.45) is 0 Å². The van der Waals surface area contributed by atoms with Gasteiger partial charge in [0.1, 0.15) is 4.70 Å². The minimum atomic E-state index is -0.899. The summed E-state index contributed by atoms with van der Waals surface area (Å²) in [6, 6.07) is 10.7. The van der Waals surface area contributed by atoms with Crippen LogP contribution in [0.5, 0.6) is 0 Å². The molecular weight excluding hydrogens is 452 g/mol. The molecule has 0 aliphatic carbocycles. The van der Waals surface area contributed by atoms with Crippen molar-refractivity contribution in [1.29, 1.82) is 0 Å². The van der Waals surface area contributed by atoms with E-state index < -0.39 is 17.6 Å². The summed E-state index contributed by atoms with van der Waals surface area (Å²) in [6.45, 7) is 7.82. The maximum absolute atomic E-state index is 13.0. The van der Waals surface area contributed by atoms with Crippen LogP contribution in [-0.2, 0) is 5.54 Å². The van der Waals surface area contributed by atoms with Crippen LogP contribution >= 0.6 is 11.3 Å². The normalized spacial score (nSPS) is 12.5. The SMILES string of the molecule is Cc1ccc(C(=O)Nc2nc3c(s2)c(C(=O)NCC(O)c2cccnc2)nn3C(C)(C)C)cc1. The highest BCUT2D eigenvalue weighted by Gasteiger charge is 2.27. The fourth-order valence-electron chi connectivity index (χ4n) is 3.31. The van der Waals surface area contributed by atoms with Crippen LogP contribution in [0.2, 0.25) is 0 Å². The lowest BCUT2D eigenvalue weighted by Gasteiger charge is -2.19. The molecule has 1 unspecified atom stereocenters. The number of nitrogens with zero attached hydrogens (tertiary/aromatic N) is 4. The molecule has 0 fully saturated rings. The molecule has 9 nitrogen and oxygen atoms in total. The second-order valence-electron chi connectivity index (χ2n) is 8.94. The molecule has 0 radical (unpaired) electrons. The predicted octanol–water partition coefficient (Wildman–Crippen LogP) is 3.67. The number of aryl methyl sites for hydroxylation is 1. The highest BCUT2D eigenvalue weighted by molar-refractivity contribution is 7.22. The molecule has 0 saturated carbocycles. The fraction of sp³-hybridized carbons (Fsp3) is 0.292. The summed E-state index contributed by atoms with van der Waals surface area (Å²) in [5.41, 5.74) is 2.44. The summed E-state index contributed by atoms with van der Waals surface area (Å²) in [7, 11) is 0. The van der Waals surface area contributed by atoms with Crippen LogP contribution in [0.15, 0.2) is 48.8 Å². The lowest BCUT2D eigenvalue weighted by Crippen LogP contribution is -2.30. The molecule has 4 aromatic rings. The summed E-state index contributed by atoms with van der Waals surface area (Å²) in [5, 5.41) is 20.8. The van der Waals surface area contributed by atoms with Crippen molar-refractivity contribution >= 4 is 38.6 Å². The maximum Gasteiger partial charge on any atom is 0.273 e. The van der Waals surface area contributed by atoms with Crippen molar-refractivity contribution < 1.29 is 14.7 Å². The van der Waals surface area contributed by atoms with Gasteiger partial charge in [-0.3, -0.25) is 19.9 Å². The molecule has 4 rings (SSSR count). The van der Waals surface area contributed by atoms with Crippen molar-refractivity contribution in [3.63, 3.8) is 0 Å². The fourth-order valence-corrected chi connectivity index (χ4v) is 4.23. The third-order valence-corrected chi connectivity index (χ3v) is 6.10. The van der Waals surface area contributed by atoms with Gasteiger partial charge in [0.15, 0.2) is 16.5 Å². The van der Waals surface area contributed by atoms with Crippen LogP contribution in [0.1, 0.15) is 58.8 Å². The second-order valence-corrected chi connectivity index (χ2v) is 9.93. The van der Waals surface area contributed by atoms with Gasteiger partial charge >= 0.3 is 0 Å². The summed E-state index contributed by atoms with van der Waals surface area (Å²) in [6.07, 6.45) is 2.27. The number of thiazole rings is 1. The number of amides is 2. The van der Waals surface area contributed by atoms with Crippen molar-refractivity contribution in [2.45, 2.75) is 39.3 Å². The Bertz CT molecular complexity index is 1320. The van der Waals surface area contributed by atoms with Crippen molar-refractivity contribution in [2.75, 3.05) is 11.9 Å². The molecule has 10 heteroatoms. The molecule has 0 bridgehead atoms. The van der Waals surface area contributed by atoms with Crippen molar-refractivity contribution in [3.8, 4) is 0 Å².